The maximum atomic E-state index is 13.1. The van der Waals surface area contributed by atoms with E-state index < -0.39 is 0 Å². The summed E-state index contributed by atoms with van der Waals surface area (Å²) in [5, 5.41) is 10.1. The van der Waals surface area contributed by atoms with Gasteiger partial charge in [-0.15, -0.1) is 11.3 Å². The van der Waals surface area contributed by atoms with Gasteiger partial charge in [0.05, 0.1) is 16.6 Å². The first kappa shape index (κ1) is 22.0. The number of carbonyl (C=O) groups excluding carboxylic acids is 2. The van der Waals surface area contributed by atoms with Gasteiger partial charge in [-0.2, -0.15) is 5.10 Å². The summed E-state index contributed by atoms with van der Waals surface area (Å²) in [6.07, 6.45) is 0.536. The maximum Gasteiger partial charge on any atom is 0.272 e. The van der Waals surface area contributed by atoms with Crippen LogP contribution in [0.15, 0.2) is 64.8 Å². The van der Waals surface area contributed by atoms with Gasteiger partial charge in [0, 0.05) is 53.8 Å². The first-order valence-corrected chi connectivity index (χ1v) is 12.1. The SMILES string of the molecule is Cc1ccc(C(=O)N2CCN(C(=O)c3csc(Cc4n[nH]c(=O)c5ccccc45)c3)CC2)cc1. The Bertz CT molecular complexity index is 1420. The summed E-state index contributed by atoms with van der Waals surface area (Å²) in [6, 6.07) is 16.9. The number of amides is 2. The largest absolute Gasteiger partial charge is 0.335 e. The topological polar surface area (TPSA) is 86.4 Å². The number of piperazine rings is 1. The van der Waals surface area contributed by atoms with Crippen molar-refractivity contribution in [3.8, 4) is 0 Å². The molecule has 0 saturated carbocycles. The third-order valence-electron chi connectivity index (χ3n) is 6.17. The number of fused-ring (bicyclic) bond motifs is 1. The zero-order chi connectivity index (χ0) is 23.7. The Balaban J connectivity index is 1.24. The minimum absolute atomic E-state index is 0.00514. The van der Waals surface area contributed by atoms with E-state index in [2.05, 4.69) is 10.2 Å². The van der Waals surface area contributed by atoms with Crippen LogP contribution >= 0.6 is 11.3 Å². The Morgan fingerprint density at radius 1 is 0.912 bits per heavy atom. The van der Waals surface area contributed by atoms with Crippen molar-refractivity contribution in [2.45, 2.75) is 13.3 Å². The molecule has 0 aliphatic carbocycles. The van der Waals surface area contributed by atoms with Crippen LogP contribution in [0.4, 0.5) is 0 Å². The molecule has 8 heteroatoms. The fourth-order valence-corrected chi connectivity index (χ4v) is 5.09. The maximum absolute atomic E-state index is 13.1. The quantitative estimate of drug-likeness (QED) is 0.493. The number of carbonyl (C=O) groups is 2. The van der Waals surface area contributed by atoms with Crippen LogP contribution < -0.4 is 5.56 Å². The minimum Gasteiger partial charge on any atom is -0.335 e. The van der Waals surface area contributed by atoms with Gasteiger partial charge >= 0.3 is 0 Å². The average Bonchev–Trinajstić information content (AvgIpc) is 3.34. The van der Waals surface area contributed by atoms with Gasteiger partial charge in [0.2, 0.25) is 0 Å². The van der Waals surface area contributed by atoms with Gasteiger partial charge in [0.15, 0.2) is 0 Å². The molecule has 172 valence electrons. The lowest BCUT2D eigenvalue weighted by atomic mass is 10.1. The molecule has 0 unspecified atom stereocenters. The van der Waals surface area contributed by atoms with Crippen LogP contribution in [0.2, 0.25) is 0 Å². The molecule has 34 heavy (non-hydrogen) atoms. The highest BCUT2D eigenvalue weighted by atomic mass is 32.1. The van der Waals surface area contributed by atoms with Crippen molar-refractivity contribution in [3.05, 3.63) is 97.6 Å². The fourth-order valence-electron chi connectivity index (χ4n) is 4.23. The Hall–Kier alpha value is -3.78. The molecule has 2 aromatic heterocycles. The predicted octanol–water partition coefficient (Wildman–Crippen LogP) is 3.48. The number of aromatic amines is 1. The molecule has 0 spiro atoms. The van der Waals surface area contributed by atoms with Crippen LogP contribution in [0.1, 0.15) is 36.9 Å². The molecule has 1 fully saturated rings. The highest BCUT2D eigenvalue weighted by molar-refractivity contribution is 7.10. The second-order valence-corrected chi connectivity index (χ2v) is 9.47. The van der Waals surface area contributed by atoms with Crippen LogP contribution in [0.3, 0.4) is 0 Å². The molecule has 0 radical (unpaired) electrons. The van der Waals surface area contributed by atoms with Crippen LogP contribution in [-0.2, 0) is 6.42 Å². The van der Waals surface area contributed by atoms with Crippen LogP contribution in [0, 0.1) is 6.92 Å². The van der Waals surface area contributed by atoms with E-state index in [4.69, 9.17) is 0 Å². The van der Waals surface area contributed by atoms with Crippen molar-refractivity contribution in [2.75, 3.05) is 26.2 Å². The zero-order valence-electron chi connectivity index (χ0n) is 18.8. The van der Waals surface area contributed by atoms with Crippen LogP contribution in [0.5, 0.6) is 0 Å². The first-order valence-electron chi connectivity index (χ1n) is 11.2. The van der Waals surface area contributed by atoms with Crippen LogP contribution in [-0.4, -0.2) is 58.0 Å². The Morgan fingerprint density at radius 3 is 2.21 bits per heavy atom. The normalized spacial score (nSPS) is 13.9. The van der Waals surface area contributed by atoms with Crippen molar-refractivity contribution < 1.29 is 9.59 Å². The number of H-pyrrole nitrogens is 1. The Morgan fingerprint density at radius 2 is 1.53 bits per heavy atom. The van der Waals surface area contributed by atoms with Gasteiger partial charge < -0.3 is 9.80 Å². The monoisotopic (exact) mass is 472 g/mol. The van der Waals surface area contributed by atoms with Crippen molar-refractivity contribution in [3.63, 3.8) is 0 Å². The molecule has 1 N–H and O–H groups in total. The highest BCUT2D eigenvalue weighted by Crippen LogP contribution is 2.23. The zero-order valence-corrected chi connectivity index (χ0v) is 19.6. The molecule has 0 bridgehead atoms. The number of thiophene rings is 1. The summed E-state index contributed by atoms with van der Waals surface area (Å²) < 4.78 is 0. The summed E-state index contributed by atoms with van der Waals surface area (Å²) in [5.41, 5.74) is 3.01. The van der Waals surface area contributed by atoms with Gasteiger partial charge in [0.25, 0.3) is 17.4 Å². The van der Waals surface area contributed by atoms with Gasteiger partial charge in [-0.25, -0.2) is 5.10 Å². The first-order chi connectivity index (χ1) is 16.5. The number of aromatic nitrogens is 2. The fraction of sp³-hybridized carbons (Fsp3) is 0.231. The molecule has 1 saturated heterocycles. The smallest absolute Gasteiger partial charge is 0.272 e. The molecule has 5 rings (SSSR count). The number of hydrogen-bond donors (Lipinski definition) is 1. The van der Waals surface area contributed by atoms with E-state index in [0.29, 0.717) is 49.1 Å². The van der Waals surface area contributed by atoms with E-state index in [1.165, 1.54) is 11.3 Å². The average molecular weight is 473 g/mol. The lowest BCUT2D eigenvalue weighted by Gasteiger charge is -2.34. The van der Waals surface area contributed by atoms with E-state index in [1.807, 2.05) is 60.8 Å². The van der Waals surface area contributed by atoms with Gasteiger partial charge in [0.1, 0.15) is 0 Å². The molecule has 2 aromatic carbocycles. The van der Waals surface area contributed by atoms with Crippen molar-refractivity contribution in [2.24, 2.45) is 0 Å². The number of hydrogen-bond acceptors (Lipinski definition) is 5. The lowest BCUT2D eigenvalue weighted by Crippen LogP contribution is -2.50. The molecule has 2 amide bonds. The second kappa shape index (κ2) is 9.23. The second-order valence-electron chi connectivity index (χ2n) is 8.47. The third-order valence-corrected chi connectivity index (χ3v) is 7.11. The van der Waals surface area contributed by atoms with Gasteiger partial charge in [-0.05, 0) is 31.2 Å². The van der Waals surface area contributed by atoms with E-state index in [9.17, 15) is 14.4 Å². The summed E-state index contributed by atoms with van der Waals surface area (Å²) in [6.45, 7) is 4.04. The molecule has 4 aromatic rings. The van der Waals surface area contributed by atoms with E-state index >= 15 is 0 Å². The number of benzene rings is 2. The predicted molar refractivity (Wildman–Crippen MR) is 132 cm³/mol. The third kappa shape index (κ3) is 4.36. The summed E-state index contributed by atoms with van der Waals surface area (Å²) in [4.78, 5) is 42.4. The number of nitrogens with one attached hydrogen (secondary N) is 1. The Kier molecular flexibility index (Phi) is 5.98. The van der Waals surface area contributed by atoms with Gasteiger partial charge in [-0.3, -0.25) is 14.4 Å². The summed E-state index contributed by atoms with van der Waals surface area (Å²) >= 11 is 1.51. The number of nitrogens with zero attached hydrogens (tertiary/aromatic N) is 3. The van der Waals surface area contributed by atoms with Crippen molar-refractivity contribution >= 4 is 33.9 Å². The lowest BCUT2D eigenvalue weighted by molar-refractivity contribution is 0.0536. The molecule has 0 atom stereocenters. The molecule has 1 aliphatic rings. The van der Waals surface area contributed by atoms with Crippen molar-refractivity contribution in [1.82, 2.24) is 20.0 Å². The molecular weight excluding hydrogens is 448 g/mol. The number of aryl methyl sites for hydroxylation is 1. The molecule has 7 nitrogen and oxygen atoms in total. The van der Waals surface area contributed by atoms with Crippen LogP contribution in [0.25, 0.3) is 10.8 Å². The minimum atomic E-state index is -0.207. The van der Waals surface area contributed by atoms with E-state index in [-0.39, 0.29) is 17.4 Å². The number of rotatable bonds is 4. The standard InChI is InChI=1S/C26H24N4O3S/c1-17-6-8-18(9-7-17)25(32)29-10-12-30(13-11-29)26(33)19-14-20(34-16-19)15-23-21-4-2-3-5-22(21)24(31)28-27-23/h2-9,14,16H,10-13,15H2,1H3,(H,28,31). The summed E-state index contributed by atoms with van der Waals surface area (Å²) in [7, 11) is 0. The summed E-state index contributed by atoms with van der Waals surface area (Å²) in [5.74, 6) is -0.0187. The Labute approximate surface area is 200 Å². The van der Waals surface area contributed by atoms with E-state index in [1.54, 1.807) is 15.9 Å². The molecule has 3 heterocycles. The highest BCUT2D eigenvalue weighted by Gasteiger charge is 2.26. The molecule has 1 aliphatic heterocycles. The van der Waals surface area contributed by atoms with Gasteiger partial charge in [-0.1, -0.05) is 35.9 Å². The van der Waals surface area contributed by atoms with E-state index in [0.717, 1.165) is 21.5 Å². The molecular formula is C26H24N4O3S. The van der Waals surface area contributed by atoms with Crippen molar-refractivity contribution in [1.29, 1.82) is 0 Å².